The molecule has 0 saturated carbocycles. The largest absolute Gasteiger partial charge is 0.508 e. The van der Waals surface area contributed by atoms with Crippen molar-refractivity contribution in [1.29, 1.82) is 0 Å². The van der Waals surface area contributed by atoms with E-state index in [2.05, 4.69) is 0 Å². The van der Waals surface area contributed by atoms with Gasteiger partial charge in [-0.05, 0) is 60.7 Å². The number of para-hydroxylation sites is 1. The van der Waals surface area contributed by atoms with Gasteiger partial charge in [-0.3, -0.25) is 0 Å². The molecule has 0 bridgehead atoms. The summed E-state index contributed by atoms with van der Waals surface area (Å²) in [7, 11) is -3.68. The van der Waals surface area contributed by atoms with Crippen LogP contribution in [0.25, 0.3) is 0 Å². The average Bonchev–Trinajstić information content (AvgIpc) is 2.72. The SMILES string of the molecule is O=S(=O)(c1ccc(O)cc1)c1ccc(OCC(O)COc2ccccc2)cc1. The van der Waals surface area contributed by atoms with Gasteiger partial charge in [0, 0.05) is 0 Å². The first kappa shape index (κ1) is 19.7. The Kier molecular flexibility index (Phi) is 6.18. The van der Waals surface area contributed by atoms with E-state index in [4.69, 9.17) is 9.47 Å². The lowest BCUT2D eigenvalue weighted by atomic mass is 10.3. The minimum atomic E-state index is -3.68. The molecule has 0 aliphatic carbocycles. The summed E-state index contributed by atoms with van der Waals surface area (Å²) in [6.07, 6.45) is -0.833. The Morgan fingerprint density at radius 3 is 1.71 bits per heavy atom. The number of benzene rings is 3. The quantitative estimate of drug-likeness (QED) is 0.604. The number of aliphatic hydroxyl groups is 1. The zero-order valence-electron chi connectivity index (χ0n) is 14.9. The lowest BCUT2D eigenvalue weighted by Crippen LogP contribution is -2.25. The molecule has 146 valence electrons. The number of hydrogen-bond donors (Lipinski definition) is 2. The summed E-state index contributed by atoms with van der Waals surface area (Å²) in [4.78, 5) is 0.200. The number of phenols is 1. The Bertz CT molecular complexity index is 983. The molecule has 0 radical (unpaired) electrons. The molecule has 0 saturated heterocycles. The number of rotatable bonds is 8. The molecule has 7 heteroatoms. The third-order valence-corrected chi connectivity index (χ3v) is 5.69. The number of sulfone groups is 1. The molecule has 0 fully saturated rings. The van der Waals surface area contributed by atoms with Crippen LogP contribution in [0.2, 0.25) is 0 Å². The Hall–Kier alpha value is -3.03. The van der Waals surface area contributed by atoms with Gasteiger partial charge in [-0.2, -0.15) is 0 Å². The summed E-state index contributed by atoms with van der Waals surface area (Å²) in [5, 5.41) is 19.3. The van der Waals surface area contributed by atoms with Crippen LogP contribution in [-0.2, 0) is 9.84 Å². The van der Waals surface area contributed by atoms with Crippen molar-refractivity contribution in [2.75, 3.05) is 13.2 Å². The molecule has 3 aromatic carbocycles. The van der Waals surface area contributed by atoms with Crippen LogP contribution in [-0.4, -0.2) is 37.9 Å². The standard InChI is InChI=1S/C21H20O6S/c22-16-6-10-20(11-7-16)28(24,25)21-12-8-19(9-13-21)27-15-17(23)14-26-18-4-2-1-3-5-18/h1-13,17,22-23H,14-15H2. The molecule has 1 atom stereocenters. The first-order chi connectivity index (χ1) is 13.4. The highest BCUT2D eigenvalue weighted by atomic mass is 32.2. The van der Waals surface area contributed by atoms with E-state index in [1.54, 1.807) is 12.1 Å². The minimum Gasteiger partial charge on any atom is -0.508 e. The van der Waals surface area contributed by atoms with Crippen LogP contribution in [0.4, 0.5) is 0 Å². The molecule has 28 heavy (non-hydrogen) atoms. The summed E-state index contributed by atoms with van der Waals surface area (Å²) in [6, 6.07) is 20.4. The molecule has 0 aliphatic rings. The summed E-state index contributed by atoms with van der Waals surface area (Å²) in [5.74, 6) is 1.09. The van der Waals surface area contributed by atoms with Crippen LogP contribution >= 0.6 is 0 Å². The van der Waals surface area contributed by atoms with E-state index in [1.807, 2.05) is 18.2 Å². The van der Waals surface area contributed by atoms with Crippen LogP contribution in [0, 0.1) is 0 Å². The van der Waals surface area contributed by atoms with Crippen LogP contribution in [0.3, 0.4) is 0 Å². The summed E-state index contributed by atoms with van der Waals surface area (Å²) in [6.45, 7) is 0.0915. The Morgan fingerprint density at radius 2 is 1.18 bits per heavy atom. The van der Waals surface area contributed by atoms with Crippen LogP contribution in [0.5, 0.6) is 17.2 Å². The van der Waals surface area contributed by atoms with E-state index in [9.17, 15) is 18.6 Å². The maximum absolute atomic E-state index is 12.6. The highest BCUT2D eigenvalue weighted by Gasteiger charge is 2.17. The number of phenolic OH excluding ortho intramolecular Hbond substituents is 1. The molecule has 6 nitrogen and oxygen atoms in total. The first-order valence-electron chi connectivity index (χ1n) is 8.58. The molecule has 0 spiro atoms. The zero-order chi connectivity index (χ0) is 20.0. The van der Waals surface area contributed by atoms with Crippen molar-refractivity contribution >= 4 is 9.84 Å². The summed E-state index contributed by atoms with van der Waals surface area (Å²) >= 11 is 0. The molecular weight excluding hydrogens is 380 g/mol. The van der Waals surface area contributed by atoms with Gasteiger partial charge in [-0.1, -0.05) is 18.2 Å². The molecule has 0 aromatic heterocycles. The molecule has 2 N–H and O–H groups in total. The van der Waals surface area contributed by atoms with Gasteiger partial charge in [-0.25, -0.2) is 8.42 Å². The fourth-order valence-corrected chi connectivity index (χ4v) is 3.69. The smallest absolute Gasteiger partial charge is 0.206 e. The van der Waals surface area contributed by atoms with Crippen molar-refractivity contribution < 1.29 is 28.1 Å². The van der Waals surface area contributed by atoms with Crippen LogP contribution in [0.15, 0.2) is 88.7 Å². The Morgan fingerprint density at radius 1 is 0.714 bits per heavy atom. The van der Waals surface area contributed by atoms with Crippen LogP contribution in [0.1, 0.15) is 0 Å². The number of hydrogen-bond acceptors (Lipinski definition) is 6. The molecule has 3 aromatic rings. The third kappa shape index (κ3) is 5.03. The normalized spacial score (nSPS) is 12.3. The predicted octanol–water partition coefficient (Wildman–Crippen LogP) is 3.04. The molecule has 0 aliphatic heterocycles. The topological polar surface area (TPSA) is 93.1 Å². The third-order valence-electron chi connectivity index (χ3n) is 3.91. The first-order valence-corrected chi connectivity index (χ1v) is 10.1. The molecule has 3 rings (SSSR count). The van der Waals surface area contributed by atoms with Gasteiger partial charge in [0.25, 0.3) is 0 Å². The highest BCUT2D eigenvalue weighted by Crippen LogP contribution is 2.24. The Balaban J connectivity index is 1.56. The van der Waals surface area contributed by atoms with Gasteiger partial charge in [0.1, 0.15) is 36.6 Å². The molecule has 0 amide bonds. The maximum atomic E-state index is 12.6. The average molecular weight is 400 g/mol. The van der Waals surface area contributed by atoms with Crippen molar-refractivity contribution in [3.8, 4) is 17.2 Å². The fraction of sp³-hybridized carbons (Fsp3) is 0.143. The van der Waals surface area contributed by atoms with Gasteiger partial charge in [-0.15, -0.1) is 0 Å². The van der Waals surface area contributed by atoms with Gasteiger partial charge in [0.05, 0.1) is 9.79 Å². The van der Waals surface area contributed by atoms with Gasteiger partial charge >= 0.3 is 0 Å². The van der Waals surface area contributed by atoms with Crippen molar-refractivity contribution in [2.45, 2.75) is 15.9 Å². The summed E-state index contributed by atoms with van der Waals surface area (Å²) in [5.41, 5.74) is 0. The summed E-state index contributed by atoms with van der Waals surface area (Å²) < 4.78 is 36.1. The van der Waals surface area contributed by atoms with Crippen molar-refractivity contribution in [3.05, 3.63) is 78.9 Å². The highest BCUT2D eigenvalue weighted by molar-refractivity contribution is 7.91. The second-order valence-corrected chi connectivity index (χ2v) is 8.01. The van der Waals surface area contributed by atoms with Crippen molar-refractivity contribution in [1.82, 2.24) is 0 Å². The molecular formula is C21H20O6S. The van der Waals surface area contributed by atoms with Crippen molar-refractivity contribution in [2.24, 2.45) is 0 Å². The van der Waals surface area contributed by atoms with E-state index in [0.29, 0.717) is 11.5 Å². The van der Waals surface area contributed by atoms with Gasteiger partial charge in [0.15, 0.2) is 0 Å². The maximum Gasteiger partial charge on any atom is 0.206 e. The van der Waals surface area contributed by atoms with Crippen LogP contribution < -0.4 is 9.47 Å². The van der Waals surface area contributed by atoms with E-state index in [0.717, 1.165) is 0 Å². The second kappa shape index (κ2) is 8.77. The number of aromatic hydroxyl groups is 1. The van der Waals surface area contributed by atoms with Crippen molar-refractivity contribution in [3.63, 3.8) is 0 Å². The lowest BCUT2D eigenvalue weighted by Gasteiger charge is -2.14. The monoisotopic (exact) mass is 400 g/mol. The second-order valence-electron chi connectivity index (χ2n) is 6.06. The molecule has 1 unspecified atom stereocenters. The van der Waals surface area contributed by atoms with E-state index >= 15 is 0 Å². The Labute approximate surface area is 163 Å². The number of aliphatic hydroxyl groups excluding tert-OH is 1. The lowest BCUT2D eigenvalue weighted by molar-refractivity contribution is 0.0626. The molecule has 0 heterocycles. The van der Waals surface area contributed by atoms with E-state index in [1.165, 1.54) is 48.5 Å². The van der Waals surface area contributed by atoms with Gasteiger partial charge < -0.3 is 19.7 Å². The fourth-order valence-electron chi connectivity index (χ4n) is 2.43. The van der Waals surface area contributed by atoms with E-state index < -0.39 is 15.9 Å². The number of ether oxygens (including phenoxy) is 2. The zero-order valence-corrected chi connectivity index (χ0v) is 15.7. The predicted molar refractivity (Wildman–Crippen MR) is 103 cm³/mol. The van der Waals surface area contributed by atoms with E-state index in [-0.39, 0.29) is 28.8 Å². The minimum absolute atomic E-state index is 0.00232. The van der Waals surface area contributed by atoms with Gasteiger partial charge in [0.2, 0.25) is 9.84 Å².